The van der Waals surface area contributed by atoms with Gasteiger partial charge in [-0.25, -0.2) is 4.98 Å². The summed E-state index contributed by atoms with van der Waals surface area (Å²) in [5.74, 6) is 2.60. The number of anilines is 1. The predicted octanol–water partition coefficient (Wildman–Crippen LogP) is 1.74. The summed E-state index contributed by atoms with van der Waals surface area (Å²) in [4.78, 5) is 7.01. The van der Waals surface area contributed by atoms with E-state index in [9.17, 15) is 0 Å². The van der Waals surface area contributed by atoms with E-state index in [0.29, 0.717) is 11.8 Å². The van der Waals surface area contributed by atoms with Crippen LogP contribution in [0.2, 0.25) is 0 Å². The van der Waals surface area contributed by atoms with E-state index in [1.807, 2.05) is 6.20 Å². The Labute approximate surface area is 96.7 Å². The van der Waals surface area contributed by atoms with Gasteiger partial charge < -0.3 is 10.6 Å². The molecule has 2 heterocycles. The number of nitrogens with zero attached hydrogens (tertiary/aromatic N) is 2. The van der Waals surface area contributed by atoms with Gasteiger partial charge >= 0.3 is 0 Å². The summed E-state index contributed by atoms with van der Waals surface area (Å²) in [7, 11) is 0. The molecule has 1 aliphatic carbocycles. The number of hydrogen-bond acceptors (Lipinski definition) is 3. The summed E-state index contributed by atoms with van der Waals surface area (Å²) in [6.45, 7) is 3.16. The lowest BCUT2D eigenvalue weighted by Gasteiger charge is -2.19. The van der Waals surface area contributed by atoms with Crippen molar-refractivity contribution >= 4 is 5.82 Å². The van der Waals surface area contributed by atoms with E-state index >= 15 is 0 Å². The molecule has 0 spiro atoms. The Balaban J connectivity index is 1.86. The van der Waals surface area contributed by atoms with Gasteiger partial charge in [-0.1, -0.05) is 6.07 Å². The van der Waals surface area contributed by atoms with Gasteiger partial charge in [-0.05, 0) is 49.3 Å². The second-order valence-corrected chi connectivity index (χ2v) is 4.95. The van der Waals surface area contributed by atoms with Crippen molar-refractivity contribution in [2.75, 3.05) is 24.5 Å². The molecule has 1 saturated carbocycles. The van der Waals surface area contributed by atoms with Crippen LogP contribution in [0.4, 0.5) is 5.82 Å². The fourth-order valence-corrected chi connectivity index (χ4v) is 2.78. The topological polar surface area (TPSA) is 42.1 Å². The molecule has 0 radical (unpaired) electrons. The first-order valence-electron chi connectivity index (χ1n) is 6.30. The third-order valence-corrected chi connectivity index (χ3v) is 3.85. The third kappa shape index (κ3) is 1.69. The number of rotatable bonds is 3. The van der Waals surface area contributed by atoms with E-state index in [2.05, 4.69) is 22.0 Å². The molecule has 2 aliphatic rings. The van der Waals surface area contributed by atoms with Gasteiger partial charge in [0.25, 0.3) is 0 Å². The maximum atomic E-state index is 5.73. The van der Waals surface area contributed by atoms with Crippen molar-refractivity contribution in [2.24, 2.45) is 11.7 Å². The molecule has 2 N–H and O–H groups in total. The first kappa shape index (κ1) is 10.1. The Morgan fingerprint density at radius 1 is 1.38 bits per heavy atom. The molecule has 86 valence electrons. The van der Waals surface area contributed by atoms with Crippen LogP contribution >= 0.6 is 0 Å². The third-order valence-electron chi connectivity index (χ3n) is 3.85. The molecule has 1 aromatic heterocycles. The van der Waals surface area contributed by atoms with E-state index < -0.39 is 0 Å². The van der Waals surface area contributed by atoms with Crippen LogP contribution in [0.3, 0.4) is 0 Å². The number of nitrogens with two attached hydrogens (primary N) is 1. The summed E-state index contributed by atoms with van der Waals surface area (Å²) in [6, 6.07) is 4.29. The van der Waals surface area contributed by atoms with Gasteiger partial charge in [0.05, 0.1) is 0 Å². The van der Waals surface area contributed by atoms with Gasteiger partial charge in [-0.15, -0.1) is 0 Å². The van der Waals surface area contributed by atoms with E-state index in [1.165, 1.54) is 43.7 Å². The minimum Gasteiger partial charge on any atom is -0.356 e. The van der Waals surface area contributed by atoms with Crippen LogP contribution in [0, 0.1) is 5.92 Å². The highest BCUT2D eigenvalue weighted by atomic mass is 15.2. The molecular formula is C13H19N3. The molecule has 1 saturated heterocycles. The molecule has 0 amide bonds. The Hall–Kier alpha value is -1.09. The van der Waals surface area contributed by atoms with Crippen LogP contribution in [0.5, 0.6) is 0 Å². The minimum absolute atomic E-state index is 0.675. The minimum atomic E-state index is 0.675. The standard InChI is InChI=1S/C13H19N3/c14-9-10-8-12(10)11-4-3-5-15-13(11)16-6-1-2-7-16/h3-5,10,12H,1-2,6-9,14H2. The van der Waals surface area contributed by atoms with Crippen LogP contribution in [0.15, 0.2) is 18.3 Å². The van der Waals surface area contributed by atoms with Crippen molar-refractivity contribution in [1.82, 2.24) is 4.98 Å². The fraction of sp³-hybridized carbons (Fsp3) is 0.615. The van der Waals surface area contributed by atoms with Crippen LogP contribution in [-0.2, 0) is 0 Å². The van der Waals surface area contributed by atoms with Crippen molar-refractivity contribution in [1.29, 1.82) is 0 Å². The Morgan fingerprint density at radius 3 is 2.88 bits per heavy atom. The molecule has 3 rings (SSSR count). The van der Waals surface area contributed by atoms with Crippen molar-refractivity contribution < 1.29 is 0 Å². The molecule has 1 aliphatic heterocycles. The molecule has 3 nitrogen and oxygen atoms in total. The number of aromatic nitrogens is 1. The molecule has 0 aromatic carbocycles. The molecule has 2 fully saturated rings. The lowest BCUT2D eigenvalue weighted by atomic mass is 10.1. The normalized spacial score (nSPS) is 28.4. The summed E-state index contributed by atoms with van der Waals surface area (Å²) in [6.07, 6.45) is 5.78. The second-order valence-electron chi connectivity index (χ2n) is 4.95. The average molecular weight is 217 g/mol. The second kappa shape index (κ2) is 4.06. The van der Waals surface area contributed by atoms with E-state index in [1.54, 1.807) is 0 Å². The lowest BCUT2D eigenvalue weighted by Crippen LogP contribution is -2.20. The summed E-state index contributed by atoms with van der Waals surface area (Å²) < 4.78 is 0. The van der Waals surface area contributed by atoms with Crippen LogP contribution in [-0.4, -0.2) is 24.6 Å². The highest BCUT2D eigenvalue weighted by Gasteiger charge is 2.39. The smallest absolute Gasteiger partial charge is 0.131 e. The van der Waals surface area contributed by atoms with Crippen molar-refractivity contribution in [2.45, 2.75) is 25.2 Å². The Bertz CT molecular complexity index is 371. The SMILES string of the molecule is NCC1CC1c1cccnc1N1CCCC1. The average Bonchev–Trinajstić information content (AvgIpc) is 2.93. The van der Waals surface area contributed by atoms with Gasteiger partial charge in [0.2, 0.25) is 0 Å². The van der Waals surface area contributed by atoms with Gasteiger partial charge in [0.1, 0.15) is 5.82 Å². The van der Waals surface area contributed by atoms with E-state index in [0.717, 1.165) is 6.54 Å². The van der Waals surface area contributed by atoms with Gasteiger partial charge in [-0.3, -0.25) is 0 Å². The maximum Gasteiger partial charge on any atom is 0.131 e. The molecule has 0 bridgehead atoms. The fourth-order valence-electron chi connectivity index (χ4n) is 2.78. The summed E-state index contributed by atoms with van der Waals surface area (Å²) >= 11 is 0. The Morgan fingerprint density at radius 2 is 2.19 bits per heavy atom. The number of pyridine rings is 1. The van der Waals surface area contributed by atoms with Gasteiger partial charge in [0.15, 0.2) is 0 Å². The molecular weight excluding hydrogens is 198 g/mol. The molecule has 3 heteroatoms. The summed E-state index contributed by atoms with van der Waals surface area (Å²) in [5.41, 5.74) is 7.16. The zero-order valence-corrected chi connectivity index (χ0v) is 9.60. The zero-order valence-electron chi connectivity index (χ0n) is 9.60. The van der Waals surface area contributed by atoms with Crippen molar-refractivity contribution in [3.63, 3.8) is 0 Å². The first-order chi connectivity index (χ1) is 7.90. The highest BCUT2D eigenvalue weighted by molar-refractivity contribution is 5.51. The number of hydrogen-bond donors (Lipinski definition) is 1. The maximum absolute atomic E-state index is 5.73. The van der Waals surface area contributed by atoms with Gasteiger partial charge in [0, 0.05) is 19.3 Å². The monoisotopic (exact) mass is 217 g/mol. The predicted molar refractivity (Wildman–Crippen MR) is 65.6 cm³/mol. The molecule has 2 atom stereocenters. The van der Waals surface area contributed by atoms with E-state index in [-0.39, 0.29) is 0 Å². The van der Waals surface area contributed by atoms with Crippen LogP contribution in [0.25, 0.3) is 0 Å². The lowest BCUT2D eigenvalue weighted by molar-refractivity contribution is 0.801. The highest BCUT2D eigenvalue weighted by Crippen LogP contribution is 2.49. The zero-order chi connectivity index (χ0) is 11.0. The summed E-state index contributed by atoms with van der Waals surface area (Å²) in [5, 5.41) is 0. The Kier molecular flexibility index (Phi) is 2.56. The quantitative estimate of drug-likeness (QED) is 0.838. The van der Waals surface area contributed by atoms with Crippen molar-refractivity contribution in [3.05, 3.63) is 23.9 Å². The van der Waals surface area contributed by atoms with Crippen molar-refractivity contribution in [3.8, 4) is 0 Å². The first-order valence-corrected chi connectivity index (χ1v) is 6.30. The molecule has 1 aromatic rings. The van der Waals surface area contributed by atoms with Gasteiger partial charge in [-0.2, -0.15) is 0 Å². The molecule has 2 unspecified atom stereocenters. The van der Waals surface area contributed by atoms with E-state index in [4.69, 9.17) is 5.73 Å². The van der Waals surface area contributed by atoms with Crippen LogP contribution in [0.1, 0.15) is 30.7 Å². The molecule has 16 heavy (non-hydrogen) atoms. The van der Waals surface area contributed by atoms with Crippen LogP contribution < -0.4 is 10.6 Å². The largest absolute Gasteiger partial charge is 0.356 e.